The number of H-pyrrole nitrogens is 1. The van der Waals surface area contributed by atoms with Gasteiger partial charge in [-0.25, -0.2) is 4.39 Å². The largest absolute Gasteiger partial charge is 0.358 e. The number of aromatic amines is 1. The first-order valence-electron chi connectivity index (χ1n) is 12.1. The first-order chi connectivity index (χ1) is 17.9. The summed E-state index contributed by atoms with van der Waals surface area (Å²) in [7, 11) is 1.88. The molecule has 0 aliphatic heterocycles. The number of amides is 1. The normalized spacial score (nSPS) is 12.1. The molecule has 1 atom stereocenters. The minimum Gasteiger partial charge on any atom is -0.358 e. The third-order valence-electron chi connectivity index (χ3n) is 6.67. The lowest BCUT2D eigenvalue weighted by molar-refractivity contribution is 0.0935. The second-order valence-electron chi connectivity index (χ2n) is 9.10. The summed E-state index contributed by atoms with van der Waals surface area (Å²) in [5.74, 6) is 0.646. The number of carbonyl (C=O) groups is 1. The number of aryl methyl sites for hydroxylation is 2. The third kappa shape index (κ3) is 5.15. The van der Waals surface area contributed by atoms with Gasteiger partial charge in [0, 0.05) is 23.9 Å². The van der Waals surface area contributed by atoms with Crippen molar-refractivity contribution in [2.75, 3.05) is 0 Å². The fourth-order valence-electron chi connectivity index (χ4n) is 4.48. The lowest BCUT2D eigenvalue weighted by Crippen LogP contribution is -2.32. The average molecular weight is 514 g/mol. The highest BCUT2D eigenvalue weighted by molar-refractivity contribution is 7.98. The molecule has 5 aromatic rings. The summed E-state index contributed by atoms with van der Waals surface area (Å²) in [5, 5.41) is 13.7. The molecule has 2 heterocycles. The maximum absolute atomic E-state index is 14.1. The summed E-state index contributed by atoms with van der Waals surface area (Å²) in [5.41, 5.74) is 5.27. The van der Waals surface area contributed by atoms with E-state index in [2.05, 4.69) is 20.5 Å². The molecule has 0 aliphatic carbocycles. The van der Waals surface area contributed by atoms with Gasteiger partial charge in [0.2, 0.25) is 0 Å². The van der Waals surface area contributed by atoms with E-state index in [9.17, 15) is 9.18 Å². The minimum atomic E-state index is -0.414. The molecule has 5 rings (SSSR count). The SMILES string of the molecule is Cc1[nH]c2c(C(=O)NC(Cc3ccccc3)c3nnc(SCc4ccccc4F)n3C)cccc2c1C. The van der Waals surface area contributed by atoms with Crippen LogP contribution in [0.2, 0.25) is 0 Å². The highest BCUT2D eigenvalue weighted by Gasteiger charge is 2.24. The van der Waals surface area contributed by atoms with Crippen LogP contribution in [-0.4, -0.2) is 25.7 Å². The molecular weight excluding hydrogens is 485 g/mol. The van der Waals surface area contributed by atoms with Gasteiger partial charge in [0.25, 0.3) is 5.91 Å². The van der Waals surface area contributed by atoms with Gasteiger partial charge in [-0.1, -0.05) is 72.4 Å². The van der Waals surface area contributed by atoms with Crippen LogP contribution in [0, 0.1) is 19.7 Å². The van der Waals surface area contributed by atoms with Gasteiger partial charge in [-0.2, -0.15) is 0 Å². The number of hydrogen-bond acceptors (Lipinski definition) is 4. The number of halogens is 1. The van der Waals surface area contributed by atoms with E-state index in [1.165, 1.54) is 17.8 Å². The molecule has 0 bridgehead atoms. The quantitative estimate of drug-likeness (QED) is 0.247. The number of benzene rings is 3. The third-order valence-corrected chi connectivity index (χ3v) is 7.74. The van der Waals surface area contributed by atoms with Crippen LogP contribution in [0.25, 0.3) is 10.9 Å². The molecule has 188 valence electrons. The van der Waals surface area contributed by atoms with Crippen LogP contribution in [0.5, 0.6) is 0 Å². The van der Waals surface area contributed by atoms with Crippen molar-refractivity contribution in [1.29, 1.82) is 0 Å². The van der Waals surface area contributed by atoms with E-state index in [1.54, 1.807) is 12.1 Å². The van der Waals surface area contributed by atoms with Crippen LogP contribution in [0.1, 0.15) is 44.6 Å². The highest BCUT2D eigenvalue weighted by atomic mass is 32.2. The van der Waals surface area contributed by atoms with Crippen molar-refractivity contribution < 1.29 is 9.18 Å². The summed E-state index contributed by atoms with van der Waals surface area (Å²) in [6.07, 6.45) is 0.551. The number of nitrogens with one attached hydrogen (secondary N) is 2. The van der Waals surface area contributed by atoms with E-state index in [1.807, 2.05) is 80.1 Å². The molecule has 0 aliphatic rings. The number of para-hydroxylation sites is 1. The molecule has 3 aromatic carbocycles. The maximum atomic E-state index is 14.1. The Kier molecular flexibility index (Phi) is 7.10. The second-order valence-corrected chi connectivity index (χ2v) is 10.0. The van der Waals surface area contributed by atoms with Crippen LogP contribution in [-0.2, 0) is 19.2 Å². The Morgan fingerprint density at radius 3 is 2.57 bits per heavy atom. The lowest BCUT2D eigenvalue weighted by atomic mass is 10.0. The van der Waals surface area contributed by atoms with E-state index in [4.69, 9.17) is 0 Å². The second kappa shape index (κ2) is 10.6. The van der Waals surface area contributed by atoms with Crippen molar-refractivity contribution in [3.63, 3.8) is 0 Å². The van der Waals surface area contributed by atoms with E-state index >= 15 is 0 Å². The summed E-state index contributed by atoms with van der Waals surface area (Å²) >= 11 is 1.41. The van der Waals surface area contributed by atoms with Crippen molar-refractivity contribution in [3.05, 3.63) is 112 Å². The van der Waals surface area contributed by atoms with Crippen molar-refractivity contribution in [2.45, 2.75) is 37.2 Å². The zero-order valence-electron chi connectivity index (χ0n) is 21.0. The Morgan fingerprint density at radius 2 is 1.78 bits per heavy atom. The highest BCUT2D eigenvalue weighted by Crippen LogP contribution is 2.27. The molecule has 8 heteroatoms. The summed E-state index contributed by atoms with van der Waals surface area (Å²) < 4.78 is 16.0. The topological polar surface area (TPSA) is 75.6 Å². The summed E-state index contributed by atoms with van der Waals surface area (Å²) in [6.45, 7) is 4.06. The van der Waals surface area contributed by atoms with Gasteiger partial charge in [-0.3, -0.25) is 4.79 Å². The van der Waals surface area contributed by atoms with E-state index in [-0.39, 0.29) is 11.7 Å². The van der Waals surface area contributed by atoms with Crippen molar-refractivity contribution in [2.24, 2.45) is 7.05 Å². The molecular formula is C29H28FN5OS. The number of nitrogens with zero attached hydrogens (tertiary/aromatic N) is 3. The minimum absolute atomic E-state index is 0.184. The summed E-state index contributed by atoms with van der Waals surface area (Å²) in [4.78, 5) is 16.9. The summed E-state index contributed by atoms with van der Waals surface area (Å²) in [6, 6.07) is 22.0. The molecule has 0 fully saturated rings. The number of fused-ring (bicyclic) bond motifs is 1. The molecule has 6 nitrogen and oxygen atoms in total. The van der Waals surface area contributed by atoms with Gasteiger partial charge in [0.15, 0.2) is 11.0 Å². The van der Waals surface area contributed by atoms with Crippen LogP contribution < -0.4 is 5.32 Å². The molecule has 1 amide bonds. The lowest BCUT2D eigenvalue weighted by Gasteiger charge is -2.19. The fraction of sp³-hybridized carbons (Fsp3) is 0.207. The van der Waals surface area contributed by atoms with Gasteiger partial charge in [-0.05, 0) is 49.1 Å². The Labute approximate surface area is 219 Å². The van der Waals surface area contributed by atoms with Crippen LogP contribution in [0.4, 0.5) is 4.39 Å². The number of aromatic nitrogens is 4. The first kappa shape index (κ1) is 24.8. The van der Waals surface area contributed by atoms with Gasteiger partial charge in [-0.15, -0.1) is 10.2 Å². The molecule has 2 aromatic heterocycles. The fourth-order valence-corrected chi connectivity index (χ4v) is 5.38. The first-order valence-corrected chi connectivity index (χ1v) is 13.1. The Morgan fingerprint density at radius 1 is 1.03 bits per heavy atom. The Balaban J connectivity index is 1.44. The molecule has 0 radical (unpaired) electrons. The van der Waals surface area contributed by atoms with E-state index in [0.717, 1.165) is 27.7 Å². The van der Waals surface area contributed by atoms with Crippen LogP contribution in [0.15, 0.2) is 78.0 Å². The maximum Gasteiger partial charge on any atom is 0.254 e. The number of hydrogen-bond donors (Lipinski definition) is 2. The predicted molar refractivity (Wildman–Crippen MR) is 145 cm³/mol. The molecule has 0 saturated carbocycles. The van der Waals surface area contributed by atoms with Gasteiger partial charge >= 0.3 is 0 Å². The molecule has 2 N–H and O–H groups in total. The smallest absolute Gasteiger partial charge is 0.254 e. The van der Waals surface area contributed by atoms with Crippen LogP contribution >= 0.6 is 11.8 Å². The van der Waals surface area contributed by atoms with Crippen molar-refractivity contribution in [3.8, 4) is 0 Å². The number of rotatable bonds is 8. The molecule has 1 unspecified atom stereocenters. The Hall–Kier alpha value is -3.91. The molecule has 0 spiro atoms. The van der Waals surface area contributed by atoms with E-state index in [0.29, 0.717) is 34.3 Å². The Bertz CT molecular complexity index is 1560. The number of thioether (sulfide) groups is 1. The van der Waals surface area contributed by atoms with Gasteiger partial charge < -0.3 is 14.9 Å². The zero-order chi connectivity index (χ0) is 25.9. The molecule has 37 heavy (non-hydrogen) atoms. The van der Waals surface area contributed by atoms with Gasteiger partial charge in [0.05, 0.1) is 17.1 Å². The van der Waals surface area contributed by atoms with E-state index < -0.39 is 6.04 Å². The van der Waals surface area contributed by atoms with Crippen molar-refractivity contribution in [1.82, 2.24) is 25.1 Å². The number of carbonyl (C=O) groups excluding carboxylic acids is 1. The average Bonchev–Trinajstić information content (AvgIpc) is 3.42. The predicted octanol–water partition coefficient (Wildman–Crippen LogP) is 6.06. The van der Waals surface area contributed by atoms with Gasteiger partial charge in [0.1, 0.15) is 5.82 Å². The molecule has 0 saturated heterocycles. The zero-order valence-corrected chi connectivity index (χ0v) is 21.8. The standard InChI is InChI=1S/C29H28FN5OS/c1-18-19(2)31-26-22(18)13-9-14-23(26)28(36)32-25(16-20-10-5-4-6-11-20)27-33-34-29(35(27)3)37-17-21-12-7-8-15-24(21)30/h4-15,25,31H,16-17H2,1-3H3,(H,32,36). The van der Waals surface area contributed by atoms with Crippen molar-refractivity contribution >= 4 is 28.6 Å². The monoisotopic (exact) mass is 513 g/mol. The van der Waals surface area contributed by atoms with Crippen LogP contribution in [0.3, 0.4) is 0 Å².